The molecule has 0 spiro atoms. The highest BCUT2D eigenvalue weighted by molar-refractivity contribution is 6.26. The molecule has 0 unspecified atom stereocenters. The van der Waals surface area contributed by atoms with Gasteiger partial charge < -0.3 is 0 Å². The Balaban J connectivity index is 0.868. The predicted molar refractivity (Wildman–Crippen MR) is 268 cm³/mol. The van der Waals surface area contributed by atoms with Gasteiger partial charge in [-0.25, -0.2) is 0 Å². The molecule has 0 bridgehead atoms. The molecule has 284 valence electrons. The standard InChI is InChI=1S/C62H36/c1-3-13-53-51(11-1)55(39-19-15-37(16-20-39)49-31-45-27-23-41-7-5-8-42-24-28-46(32-49)61(45)59(41)42)35-58-54-14-4-2-12-52(54)56(36-57(53)58)40-21-17-38(18-22-40)50-33-47-29-25-43-9-6-10-44-26-30-48(34-50)62(47)60(43)44/h1-36H. The van der Waals surface area contributed by atoms with Crippen molar-refractivity contribution < 1.29 is 0 Å². The van der Waals surface area contributed by atoms with Crippen LogP contribution in [0.4, 0.5) is 0 Å². The fourth-order valence-electron chi connectivity index (χ4n) is 11.0. The predicted octanol–water partition coefficient (Wildman–Crippen LogP) is 17.6. The zero-order valence-corrected chi connectivity index (χ0v) is 33.8. The number of fused-ring (bicyclic) bond motifs is 5. The third-order valence-corrected chi connectivity index (χ3v) is 13.9. The summed E-state index contributed by atoms with van der Waals surface area (Å²) < 4.78 is 0. The highest BCUT2D eigenvalue weighted by Crippen LogP contribution is 2.44. The quantitative estimate of drug-likeness (QED) is 0.156. The number of rotatable bonds is 4. The van der Waals surface area contributed by atoms with Crippen molar-refractivity contribution in [3.63, 3.8) is 0 Å². The van der Waals surface area contributed by atoms with Crippen molar-refractivity contribution in [2.75, 3.05) is 0 Å². The van der Waals surface area contributed by atoms with Crippen LogP contribution in [0.3, 0.4) is 0 Å². The Morgan fingerprint density at radius 1 is 0.161 bits per heavy atom. The molecular formula is C62H36. The molecule has 0 aromatic heterocycles. The highest BCUT2D eigenvalue weighted by Gasteiger charge is 2.17. The average molecular weight is 781 g/mol. The molecule has 0 N–H and O–H groups in total. The van der Waals surface area contributed by atoms with Crippen molar-refractivity contribution in [3.8, 4) is 44.5 Å². The first-order valence-electron chi connectivity index (χ1n) is 21.6. The minimum absolute atomic E-state index is 1.22. The summed E-state index contributed by atoms with van der Waals surface area (Å²) in [6.07, 6.45) is 0. The summed E-state index contributed by atoms with van der Waals surface area (Å²) in [5.41, 5.74) is 9.90. The van der Waals surface area contributed by atoms with Crippen LogP contribution in [-0.2, 0) is 0 Å². The molecule has 0 heteroatoms. The number of benzene rings is 14. The van der Waals surface area contributed by atoms with Gasteiger partial charge in [0.2, 0.25) is 0 Å². The van der Waals surface area contributed by atoms with Crippen LogP contribution in [0.15, 0.2) is 218 Å². The van der Waals surface area contributed by atoms with Gasteiger partial charge in [0.1, 0.15) is 0 Å². The molecule has 62 heavy (non-hydrogen) atoms. The molecule has 0 saturated heterocycles. The first kappa shape index (κ1) is 33.7. The van der Waals surface area contributed by atoms with E-state index in [-0.39, 0.29) is 0 Å². The largest absolute Gasteiger partial charge is 0.0616 e. The Morgan fingerprint density at radius 2 is 0.452 bits per heavy atom. The van der Waals surface area contributed by atoms with Gasteiger partial charge in [-0.15, -0.1) is 0 Å². The average Bonchev–Trinajstić information content (AvgIpc) is 3.34. The molecule has 14 rings (SSSR count). The molecule has 0 fully saturated rings. The van der Waals surface area contributed by atoms with E-state index in [4.69, 9.17) is 0 Å². The van der Waals surface area contributed by atoms with Crippen molar-refractivity contribution in [1.29, 1.82) is 0 Å². The van der Waals surface area contributed by atoms with Gasteiger partial charge in [-0.05, 0) is 178 Å². The van der Waals surface area contributed by atoms with Gasteiger partial charge in [0.15, 0.2) is 0 Å². The minimum Gasteiger partial charge on any atom is -0.0616 e. The smallest absolute Gasteiger partial charge is 0.00264 e. The molecule has 0 nitrogen and oxygen atoms in total. The van der Waals surface area contributed by atoms with Gasteiger partial charge >= 0.3 is 0 Å². The maximum Gasteiger partial charge on any atom is -0.00264 e. The van der Waals surface area contributed by atoms with Gasteiger partial charge in [0.05, 0.1) is 0 Å². The molecule has 0 amide bonds. The van der Waals surface area contributed by atoms with Crippen molar-refractivity contribution in [3.05, 3.63) is 218 Å². The van der Waals surface area contributed by atoms with Crippen molar-refractivity contribution in [1.82, 2.24) is 0 Å². The summed E-state index contributed by atoms with van der Waals surface area (Å²) in [6, 6.07) is 82.0. The van der Waals surface area contributed by atoms with E-state index in [9.17, 15) is 0 Å². The summed E-state index contributed by atoms with van der Waals surface area (Å²) in [6.45, 7) is 0. The first-order chi connectivity index (χ1) is 30.7. The van der Waals surface area contributed by atoms with Crippen LogP contribution in [0.5, 0.6) is 0 Å². The molecule has 0 aliphatic carbocycles. The lowest BCUT2D eigenvalue weighted by Crippen LogP contribution is -1.90. The summed E-state index contributed by atoms with van der Waals surface area (Å²) in [5.74, 6) is 0. The van der Waals surface area contributed by atoms with Crippen LogP contribution in [0.25, 0.3) is 141 Å². The Hall–Kier alpha value is -8.06. The Bertz CT molecular complexity index is 3720. The molecule has 0 aliphatic rings. The molecule has 0 heterocycles. The number of hydrogen-bond acceptors (Lipinski definition) is 0. The van der Waals surface area contributed by atoms with E-state index in [0.29, 0.717) is 0 Å². The summed E-state index contributed by atoms with van der Waals surface area (Å²) >= 11 is 0. The molecule has 14 aromatic rings. The van der Waals surface area contributed by atoms with Gasteiger partial charge in [0.25, 0.3) is 0 Å². The van der Waals surface area contributed by atoms with Crippen LogP contribution >= 0.6 is 0 Å². The van der Waals surface area contributed by atoms with E-state index in [1.165, 1.54) is 141 Å². The Labute approximate surface area is 358 Å². The fraction of sp³-hybridized carbons (Fsp3) is 0. The first-order valence-corrected chi connectivity index (χ1v) is 21.6. The van der Waals surface area contributed by atoms with Gasteiger partial charge in [0, 0.05) is 0 Å². The van der Waals surface area contributed by atoms with E-state index in [0.717, 1.165) is 0 Å². The normalized spacial score (nSPS) is 12.2. The van der Waals surface area contributed by atoms with Crippen molar-refractivity contribution in [2.24, 2.45) is 0 Å². The zero-order chi connectivity index (χ0) is 40.5. The SMILES string of the molecule is c1cc2ccc3cc(-c4ccc(-c5cc6c7ccccc7c(-c7ccc(-c8cc9ccc%10cccc%11ccc(c8)c9c%10%11)cc7)cc6c6ccccc56)cc4)cc4ccc(c1)c2c34. The van der Waals surface area contributed by atoms with Crippen molar-refractivity contribution in [2.45, 2.75) is 0 Å². The van der Waals surface area contributed by atoms with E-state index in [1.807, 2.05) is 0 Å². The maximum absolute atomic E-state index is 2.43. The van der Waals surface area contributed by atoms with E-state index < -0.39 is 0 Å². The number of hydrogen-bond donors (Lipinski definition) is 0. The highest BCUT2D eigenvalue weighted by atomic mass is 14.2. The third kappa shape index (κ3) is 4.89. The lowest BCUT2D eigenvalue weighted by atomic mass is 9.87. The van der Waals surface area contributed by atoms with Crippen LogP contribution in [0.1, 0.15) is 0 Å². The molecule has 0 aliphatic heterocycles. The van der Waals surface area contributed by atoms with E-state index in [1.54, 1.807) is 0 Å². The molecular weight excluding hydrogens is 745 g/mol. The van der Waals surface area contributed by atoms with E-state index >= 15 is 0 Å². The summed E-state index contributed by atoms with van der Waals surface area (Å²) in [5, 5.41) is 23.4. The second-order valence-corrected chi connectivity index (χ2v) is 17.2. The molecule has 0 saturated carbocycles. The lowest BCUT2D eigenvalue weighted by molar-refractivity contribution is 1.63. The lowest BCUT2D eigenvalue weighted by Gasteiger charge is -2.17. The van der Waals surface area contributed by atoms with Crippen LogP contribution in [0.2, 0.25) is 0 Å². The second kappa shape index (κ2) is 12.7. The van der Waals surface area contributed by atoms with Crippen LogP contribution in [0, 0.1) is 0 Å². The molecule has 0 radical (unpaired) electrons. The van der Waals surface area contributed by atoms with Gasteiger partial charge in [-0.3, -0.25) is 0 Å². The van der Waals surface area contributed by atoms with Crippen molar-refractivity contribution >= 4 is 97.0 Å². The topological polar surface area (TPSA) is 0 Å². The van der Waals surface area contributed by atoms with Crippen LogP contribution < -0.4 is 0 Å². The van der Waals surface area contributed by atoms with Gasteiger partial charge in [-0.1, -0.05) is 182 Å². The zero-order valence-electron chi connectivity index (χ0n) is 33.8. The Kier molecular flexibility index (Phi) is 6.92. The van der Waals surface area contributed by atoms with Crippen LogP contribution in [-0.4, -0.2) is 0 Å². The molecule has 14 aromatic carbocycles. The second-order valence-electron chi connectivity index (χ2n) is 17.2. The summed E-state index contributed by atoms with van der Waals surface area (Å²) in [4.78, 5) is 0. The minimum atomic E-state index is 1.22. The maximum atomic E-state index is 2.43. The summed E-state index contributed by atoms with van der Waals surface area (Å²) in [7, 11) is 0. The van der Waals surface area contributed by atoms with E-state index in [2.05, 4.69) is 218 Å². The Morgan fingerprint density at radius 3 is 0.806 bits per heavy atom. The van der Waals surface area contributed by atoms with Gasteiger partial charge in [-0.2, -0.15) is 0 Å². The molecule has 0 atom stereocenters. The monoisotopic (exact) mass is 780 g/mol. The fourth-order valence-corrected chi connectivity index (χ4v) is 11.0. The third-order valence-electron chi connectivity index (χ3n) is 13.9.